The SMILES string of the molecule is O=C(Oc1cncc(C(F)(F)F)c1)N1CCN(Cc2cc(Cl)ccc2C(F)(F)F)CC1. The number of pyridine rings is 1. The monoisotopic (exact) mass is 467 g/mol. The zero-order valence-electron chi connectivity index (χ0n) is 15.8. The molecule has 0 spiro atoms. The molecule has 1 aliphatic heterocycles. The largest absolute Gasteiger partial charge is 0.418 e. The smallest absolute Gasteiger partial charge is 0.409 e. The molecule has 1 aliphatic rings. The zero-order valence-corrected chi connectivity index (χ0v) is 16.6. The Bertz CT molecular complexity index is 943. The fourth-order valence-electron chi connectivity index (χ4n) is 3.09. The Morgan fingerprint density at radius 3 is 2.29 bits per heavy atom. The number of nitrogens with zero attached hydrogens (tertiary/aromatic N) is 3. The summed E-state index contributed by atoms with van der Waals surface area (Å²) in [5.74, 6) is -0.351. The van der Waals surface area contributed by atoms with Crippen LogP contribution < -0.4 is 4.74 Å². The number of alkyl halides is 6. The van der Waals surface area contributed by atoms with Crippen LogP contribution in [0.3, 0.4) is 0 Å². The zero-order chi connectivity index (χ0) is 22.8. The first-order chi connectivity index (χ1) is 14.4. The fraction of sp³-hybridized carbons (Fsp3) is 0.368. The summed E-state index contributed by atoms with van der Waals surface area (Å²) in [7, 11) is 0. The topological polar surface area (TPSA) is 45.7 Å². The van der Waals surface area contributed by atoms with Gasteiger partial charge in [-0.2, -0.15) is 26.3 Å². The molecule has 1 saturated heterocycles. The van der Waals surface area contributed by atoms with E-state index in [0.717, 1.165) is 12.3 Å². The van der Waals surface area contributed by atoms with Gasteiger partial charge in [0.25, 0.3) is 0 Å². The Morgan fingerprint density at radius 2 is 1.68 bits per heavy atom. The van der Waals surface area contributed by atoms with Crippen molar-refractivity contribution in [3.05, 3.63) is 58.4 Å². The molecule has 1 aromatic heterocycles. The Hall–Kier alpha value is -2.53. The van der Waals surface area contributed by atoms with Gasteiger partial charge in [0.15, 0.2) is 5.75 Å². The molecule has 168 valence electrons. The highest BCUT2D eigenvalue weighted by Gasteiger charge is 2.34. The summed E-state index contributed by atoms with van der Waals surface area (Å²) in [5.41, 5.74) is -1.81. The molecule has 5 nitrogen and oxygen atoms in total. The minimum atomic E-state index is -4.63. The van der Waals surface area contributed by atoms with Gasteiger partial charge in [0.2, 0.25) is 0 Å². The van der Waals surface area contributed by atoms with Crippen molar-refractivity contribution >= 4 is 17.7 Å². The second-order valence-electron chi connectivity index (χ2n) is 6.84. The number of carbonyl (C=O) groups is 1. The highest BCUT2D eigenvalue weighted by molar-refractivity contribution is 6.30. The van der Waals surface area contributed by atoms with Crippen LogP contribution in [0.1, 0.15) is 16.7 Å². The van der Waals surface area contributed by atoms with Gasteiger partial charge in [-0.05, 0) is 29.8 Å². The molecule has 0 radical (unpaired) electrons. The van der Waals surface area contributed by atoms with E-state index in [4.69, 9.17) is 16.3 Å². The van der Waals surface area contributed by atoms with Crippen molar-refractivity contribution in [2.45, 2.75) is 18.9 Å². The molecule has 2 aromatic rings. The van der Waals surface area contributed by atoms with Crippen LogP contribution in [-0.2, 0) is 18.9 Å². The van der Waals surface area contributed by atoms with Crippen LogP contribution in [-0.4, -0.2) is 47.1 Å². The molecule has 1 fully saturated rings. The van der Waals surface area contributed by atoms with Crippen molar-refractivity contribution in [2.75, 3.05) is 26.2 Å². The molecular weight excluding hydrogens is 452 g/mol. The molecule has 1 amide bonds. The molecule has 2 heterocycles. The van der Waals surface area contributed by atoms with Gasteiger partial charge in [-0.1, -0.05) is 11.6 Å². The summed E-state index contributed by atoms with van der Waals surface area (Å²) in [6.07, 6.45) is -8.41. The number of hydrogen-bond donors (Lipinski definition) is 0. The molecule has 0 bridgehead atoms. The highest BCUT2D eigenvalue weighted by atomic mass is 35.5. The van der Waals surface area contributed by atoms with Crippen molar-refractivity contribution in [2.24, 2.45) is 0 Å². The molecule has 0 atom stereocenters. The van der Waals surface area contributed by atoms with Crippen LogP contribution in [0.4, 0.5) is 31.1 Å². The number of piperazine rings is 1. The average Bonchev–Trinajstić information content (AvgIpc) is 2.67. The first-order valence-electron chi connectivity index (χ1n) is 9.00. The number of benzene rings is 1. The molecule has 0 N–H and O–H groups in total. The van der Waals surface area contributed by atoms with Crippen molar-refractivity contribution in [3.8, 4) is 5.75 Å². The lowest BCUT2D eigenvalue weighted by Crippen LogP contribution is -2.49. The van der Waals surface area contributed by atoms with E-state index >= 15 is 0 Å². The van der Waals surface area contributed by atoms with Gasteiger partial charge in [0, 0.05) is 43.9 Å². The molecule has 3 rings (SSSR count). The van der Waals surface area contributed by atoms with E-state index in [1.807, 2.05) is 0 Å². The molecule has 12 heteroatoms. The van der Waals surface area contributed by atoms with Crippen LogP contribution in [0.5, 0.6) is 5.75 Å². The maximum absolute atomic E-state index is 13.2. The van der Waals surface area contributed by atoms with Crippen molar-refractivity contribution in [1.29, 1.82) is 0 Å². The minimum absolute atomic E-state index is 0.0180. The predicted octanol–water partition coefficient (Wildman–Crippen LogP) is 5.09. The summed E-state index contributed by atoms with van der Waals surface area (Å²) >= 11 is 5.83. The van der Waals surface area contributed by atoms with Gasteiger partial charge in [-0.3, -0.25) is 9.88 Å². The van der Waals surface area contributed by atoms with E-state index < -0.39 is 29.6 Å². The summed E-state index contributed by atoms with van der Waals surface area (Å²) in [6.45, 7) is 0.746. The van der Waals surface area contributed by atoms with Gasteiger partial charge in [-0.25, -0.2) is 4.79 Å². The lowest BCUT2D eigenvalue weighted by Gasteiger charge is -2.34. The van der Waals surface area contributed by atoms with Crippen molar-refractivity contribution in [1.82, 2.24) is 14.8 Å². The highest BCUT2D eigenvalue weighted by Crippen LogP contribution is 2.34. The van der Waals surface area contributed by atoms with Gasteiger partial charge in [0.05, 0.1) is 17.3 Å². The van der Waals surface area contributed by atoms with Gasteiger partial charge in [0.1, 0.15) is 0 Å². The average molecular weight is 468 g/mol. The van der Waals surface area contributed by atoms with E-state index in [0.29, 0.717) is 12.3 Å². The number of amides is 1. The second-order valence-corrected chi connectivity index (χ2v) is 7.27. The van der Waals surface area contributed by atoms with E-state index in [1.165, 1.54) is 17.0 Å². The summed E-state index contributed by atoms with van der Waals surface area (Å²) < 4.78 is 82.8. The van der Waals surface area contributed by atoms with E-state index in [9.17, 15) is 31.1 Å². The molecule has 31 heavy (non-hydrogen) atoms. The third-order valence-corrected chi connectivity index (χ3v) is 4.88. The Balaban J connectivity index is 1.59. The Kier molecular flexibility index (Phi) is 6.65. The van der Waals surface area contributed by atoms with Crippen LogP contribution in [0.25, 0.3) is 0 Å². The number of rotatable bonds is 3. The van der Waals surface area contributed by atoms with Crippen LogP contribution in [0.2, 0.25) is 5.02 Å². The number of hydrogen-bond acceptors (Lipinski definition) is 4. The van der Waals surface area contributed by atoms with Crippen molar-refractivity contribution < 1.29 is 35.9 Å². The first-order valence-corrected chi connectivity index (χ1v) is 9.38. The fourth-order valence-corrected chi connectivity index (χ4v) is 3.29. The normalized spacial score (nSPS) is 15.8. The number of carbonyl (C=O) groups excluding carboxylic acids is 1. The van der Waals surface area contributed by atoms with Crippen LogP contribution in [0.15, 0.2) is 36.7 Å². The maximum Gasteiger partial charge on any atom is 0.418 e. The molecule has 0 aliphatic carbocycles. The molecular formula is C19H16ClF6N3O2. The Morgan fingerprint density at radius 1 is 1.00 bits per heavy atom. The summed E-state index contributed by atoms with van der Waals surface area (Å²) in [4.78, 5) is 18.6. The van der Waals surface area contributed by atoms with Gasteiger partial charge >= 0.3 is 18.4 Å². The van der Waals surface area contributed by atoms with Gasteiger partial charge < -0.3 is 9.64 Å². The third-order valence-electron chi connectivity index (χ3n) is 4.64. The number of aromatic nitrogens is 1. The first kappa shape index (κ1) is 23.1. The van der Waals surface area contributed by atoms with Crippen LogP contribution >= 0.6 is 11.6 Å². The standard InChI is InChI=1S/C19H16ClF6N3O2/c20-14-1-2-16(19(24,25)26)12(7-14)11-28-3-5-29(6-4-28)17(30)31-15-8-13(9-27-10-15)18(21,22)23/h1-2,7-10H,3-6,11H2. The van der Waals surface area contributed by atoms with E-state index in [-0.39, 0.29) is 49.1 Å². The summed E-state index contributed by atoms with van der Waals surface area (Å²) in [6, 6.07) is 4.02. The van der Waals surface area contributed by atoms with E-state index in [1.54, 1.807) is 4.90 Å². The van der Waals surface area contributed by atoms with E-state index in [2.05, 4.69) is 4.98 Å². The minimum Gasteiger partial charge on any atom is -0.409 e. The van der Waals surface area contributed by atoms with Gasteiger partial charge in [-0.15, -0.1) is 0 Å². The second kappa shape index (κ2) is 8.91. The van der Waals surface area contributed by atoms with Crippen LogP contribution in [0, 0.1) is 0 Å². The maximum atomic E-state index is 13.2. The number of ether oxygens (including phenoxy) is 1. The molecule has 0 unspecified atom stereocenters. The molecule has 0 saturated carbocycles. The lowest BCUT2D eigenvalue weighted by atomic mass is 10.1. The van der Waals surface area contributed by atoms with Crippen molar-refractivity contribution in [3.63, 3.8) is 0 Å². The predicted molar refractivity (Wildman–Crippen MR) is 98.6 cm³/mol. The third kappa shape index (κ3) is 6.01. The molecule has 1 aromatic carbocycles. The lowest BCUT2D eigenvalue weighted by molar-refractivity contribution is -0.139. The Labute approximate surface area is 178 Å². The number of halogens is 7. The summed E-state index contributed by atoms with van der Waals surface area (Å²) in [5, 5.41) is 0.180. The quantitative estimate of drug-likeness (QED) is 0.590.